The smallest absolute Gasteiger partial charge is 0.302 e. The van der Waals surface area contributed by atoms with Crippen molar-refractivity contribution in [2.45, 2.75) is 37.0 Å². The summed E-state index contributed by atoms with van der Waals surface area (Å²) in [5.41, 5.74) is -0.0493. The van der Waals surface area contributed by atoms with Gasteiger partial charge in [0, 0.05) is 6.04 Å². The number of alkyl halides is 5. The van der Waals surface area contributed by atoms with E-state index in [1.165, 1.54) is 24.3 Å². The lowest BCUT2D eigenvalue weighted by Gasteiger charge is -2.29. The summed E-state index contributed by atoms with van der Waals surface area (Å²) in [7, 11) is 0. The fourth-order valence-electron chi connectivity index (χ4n) is 1.71. The van der Waals surface area contributed by atoms with E-state index in [0.717, 1.165) is 0 Å². The van der Waals surface area contributed by atoms with E-state index in [9.17, 15) is 22.0 Å². The molecule has 1 aliphatic carbocycles. The molecule has 0 bridgehead atoms. The van der Waals surface area contributed by atoms with E-state index in [1.807, 2.05) is 0 Å². The van der Waals surface area contributed by atoms with Crippen molar-refractivity contribution in [3.63, 3.8) is 0 Å². The Kier molecular flexibility index (Phi) is 3.31. The average molecular weight is 265 g/mol. The van der Waals surface area contributed by atoms with E-state index in [4.69, 9.17) is 0 Å². The standard InChI is InChI=1S/C12H12F5N/c13-11(14,12(15,16)17)10(18-9-6-7-9)8-4-2-1-3-5-8/h1-5,9-10,18H,6-7H2. The van der Waals surface area contributed by atoms with Crippen LogP contribution in [0, 0.1) is 0 Å². The number of nitrogens with one attached hydrogen (secondary N) is 1. The highest BCUT2D eigenvalue weighted by atomic mass is 19.4. The van der Waals surface area contributed by atoms with Gasteiger partial charge in [-0.05, 0) is 18.4 Å². The molecule has 0 spiro atoms. The van der Waals surface area contributed by atoms with E-state index in [2.05, 4.69) is 5.32 Å². The Morgan fingerprint density at radius 1 is 1.00 bits per heavy atom. The topological polar surface area (TPSA) is 12.0 Å². The van der Waals surface area contributed by atoms with Gasteiger partial charge in [-0.25, -0.2) is 0 Å². The molecule has 2 rings (SSSR count). The monoisotopic (exact) mass is 265 g/mol. The normalized spacial score (nSPS) is 18.7. The van der Waals surface area contributed by atoms with Crippen LogP contribution in [0.1, 0.15) is 24.4 Å². The second kappa shape index (κ2) is 4.50. The first-order valence-electron chi connectivity index (χ1n) is 5.58. The van der Waals surface area contributed by atoms with Gasteiger partial charge in [-0.1, -0.05) is 30.3 Å². The number of rotatable bonds is 4. The molecule has 0 amide bonds. The van der Waals surface area contributed by atoms with Crippen molar-refractivity contribution < 1.29 is 22.0 Å². The largest absolute Gasteiger partial charge is 0.455 e. The molecule has 0 saturated heterocycles. The van der Waals surface area contributed by atoms with Gasteiger partial charge >= 0.3 is 12.1 Å². The molecule has 0 radical (unpaired) electrons. The molecule has 1 nitrogen and oxygen atoms in total. The molecule has 1 saturated carbocycles. The van der Waals surface area contributed by atoms with E-state index in [1.54, 1.807) is 6.07 Å². The minimum absolute atomic E-state index is 0.0493. The minimum atomic E-state index is -5.56. The third kappa shape index (κ3) is 2.63. The molecule has 1 unspecified atom stereocenters. The van der Waals surface area contributed by atoms with Gasteiger partial charge in [-0.3, -0.25) is 0 Å². The van der Waals surface area contributed by atoms with Crippen LogP contribution in [0.3, 0.4) is 0 Å². The predicted molar refractivity (Wildman–Crippen MR) is 56.3 cm³/mol. The highest BCUT2D eigenvalue weighted by molar-refractivity contribution is 5.22. The van der Waals surface area contributed by atoms with Crippen LogP contribution in [0.25, 0.3) is 0 Å². The van der Waals surface area contributed by atoms with Crippen molar-refractivity contribution in [3.05, 3.63) is 35.9 Å². The number of benzene rings is 1. The molecule has 1 aromatic carbocycles. The summed E-state index contributed by atoms with van der Waals surface area (Å²) < 4.78 is 64.3. The summed E-state index contributed by atoms with van der Waals surface area (Å²) in [6.07, 6.45) is -4.29. The minimum Gasteiger partial charge on any atom is -0.302 e. The van der Waals surface area contributed by atoms with Crippen LogP contribution in [0.5, 0.6) is 0 Å². The molecule has 100 valence electrons. The Labute approximate surface area is 101 Å². The Bertz CT molecular complexity index is 397. The fraction of sp³-hybridized carbons (Fsp3) is 0.500. The van der Waals surface area contributed by atoms with E-state index in [0.29, 0.717) is 12.8 Å². The highest BCUT2D eigenvalue weighted by Crippen LogP contribution is 2.45. The van der Waals surface area contributed by atoms with Crippen LogP contribution in [-0.2, 0) is 0 Å². The molecule has 1 N–H and O–H groups in total. The zero-order valence-corrected chi connectivity index (χ0v) is 9.35. The molecular formula is C12H12F5N. The SMILES string of the molecule is FC(F)(F)C(F)(F)C(NC1CC1)c1ccccc1. The van der Waals surface area contributed by atoms with Crippen LogP contribution < -0.4 is 5.32 Å². The molecule has 0 aromatic heterocycles. The fourth-order valence-corrected chi connectivity index (χ4v) is 1.71. The maximum atomic E-state index is 13.5. The molecule has 1 atom stereocenters. The van der Waals surface area contributed by atoms with Crippen molar-refractivity contribution >= 4 is 0 Å². The second-order valence-corrected chi connectivity index (χ2v) is 4.41. The maximum absolute atomic E-state index is 13.5. The van der Waals surface area contributed by atoms with Gasteiger partial charge in [0.1, 0.15) is 6.04 Å². The van der Waals surface area contributed by atoms with Crippen LogP contribution in [-0.4, -0.2) is 18.1 Å². The lowest BCUT2D eigenvalue weighted by atomic mass is 10.00. The highest BCUT2D eigenvalue weighted by Gasteiger charge is 2.63. The number of hydrogen-bond donors (Lipinski definition) is 1. The Balaban J connectivity index is 2.30. The van der Waals surface area contributed by atoms with Crippen molar-refractivity contribution in [1.82, 2.24) is 5.32 Å². The number of halogens is 5. The van der Waals surface area contributed by atoms with Gasteiger partial charge in [-0.2, -0.15) is 22.0 Å². The Morgan fingerprint density at radius 2 is 1.56 bits per heavy atom. The van der Waals surface area contributed by atoms with Gasteiger partial charge in [0.05, 0.1) is 0 Å². The second-order valence-electron chi connectivity index (χ2n) is 4.41. The molecule has 6 heteroatoms. The summed E-state index contributed by atoms with van der Waals surface area (Å²) in [4.78, 5) is 0. The summed E-state index contributed by atoms with van der Waals surface area (Å²) in [5.74, 6) is -4.78. The lowest BCUT2D eigenvalue weighted by Crippen LogP contribution is -2.48. The predicted octanol–water partition coefficient (Wildman–Crippen LogP) is 3.68. The van der Waals surface area contributed by atoms with E-state index >= 15 is 0 Å². The van der Waals surface area contributed by atoms with Crippen molar-refractivity contribution in [2.75, 3.05) is 0 Å². The van der Waals surface area contributed by atoms with Crippen molar-refractivity contribution in [1.29, 1.82) is 0 Å². The van der Waals surface area contributed by atoms with Gasteiger partial charge in [-0.15, -0.1) is 0 Å². The molecule has 18 heavy (non-hydrogen) atoms. The Hall–Kier alpha value is -1.17. The van der Waals surface area contributed by atoms with Crippen LogP contribution in [0.15, 0.2) is 30.3 Å². The Morgan fingerprint density at radius 3 is 2.00 bits per heavy atom. The zero-order valence-electron chi connectivity index (χ0n) is 9.35. The van der Waals surface area contributed by atoms with Gasteiger partial charge < -0.3 is 5.32 Å². The van der Waals surface area contributed by atoms with E-state index in [-0.39, 0.29) is 11.6 Å². The molecular weight excluding hydrogens is 253 g/mol. The quantitative estimate of drug-likeness (QED) is 0.819. The van der Waals surface area contributed by atoms with Crippen LogP contribution >= 0.6 is 0 Å². The van der Waals surface area contributed by atoms with E-state index < -0.39 is 18.1 Å². The molecule has 1 fully saturated rings. The summed E-state index contributed by atoms with van der Waals surface area (Å²) in [5, 5.41) is 2.38. The first-order chi connectivity index (χ1) is 8.32. The molecule has 1 aliphatic rings. The molecule has 0 aliphatic heterocycles. The van der Waals surface area contributed by atoms with Crippen molar-refractivity contribution in [3.8, 4) is 0 Å². The lowest BCUT2D eigenvalue weighted by molar-refractivity contribution is -0.294. The van der Waals surface area contributed by atoms with Gasteiger partial charge in [0.25, 0.3) is 0 Å². The molecule has 1 aromatic rings. The van der Waals surface area contributed by atoms with Gasteiger partial charge in [0.15, 0.2) is 0 Å². The summed E-state index contributed by atoms with van der Waals surface area (Å²) in [6, 6.07) is 4.75. The van der Waals surface area contributed by atoms with Crippen molar-refractivity contribution in [2.24, 2.45) is 0 Å². The average Bonchev–Trinajstić information content (AvgIpc) is 3.09. The third-order valence-corrected chi connectivity index (χ3v) is 2.85. The first-order valence-corrected chi connectivity index (χ1v) is 5.58. The third-order valence-electron chi connectivity index (χ3n) is 2.85. The van der Waals surface area contributed by atoms with Crippen LogP contribution in [0.2, 0.25) is 0 Å². The summed E-state index contributed by atoms with van der Waals surface area (Å²) in [6.45, 7) is 0. The zero-order chi connectivity index (χ0) is 13.4. The number of hydrogen-bond acceptors (Lipinski definition) is 1. The van der Waals surface area contributed by atoms with Crippen LogP contribution in [0.4, 0.5) is 22.0 Å². The summed E-state index contributed by atoms with van der Waals surface area (Å²) >= 11 is 0. The van der Waals surface area contributed by atoms with Gasteiger partial charge in [0.2, 0.25) is 0 Å². The maximum Gasteiger partial charge on any atom is 0.455 e. The first kappa shape index (κ1) is 13.3. The molecule has 0 heterocycles.